The van der Waals surface area contributed by atoms with E-state index in [2.05, 4.69) is 25.1 Å². The van der Waals surface area contributed by atoms with Gasteiger partial charge in [0.1, 0.15) is 6.29 Å². The minimum absolute atomic E-state index is 0.678. The molecule has 0 bridgehead atoms. The van der Waals surface area contributed by atoms with Crippen molar-refractivity contribution in [1.82, 2.24) is 0 Å². The maximum atomic E-state index is 11.0. The molecule has 2 rings (SSSR count). The molecular formula is C17H24O. The van der Waals surface area contributed by atoms with E-state index in [0.29, 0.717) is 5.92 Å². The lowest BCUT2D eigenvalue weighted by Crippen LogP contribution is -2.13. The van der Waals surface area contributed by atoms with E-state index < -0.39 is 0 Å². The number of hydrogen-bond acceptors (Lipinski definition) is 1. The van der Waals surface area contributed by atoms with Crippen LogP contribution in [0.1, 0.15) is 72.9 Å². The molecule has 0 aromatic heterocycles. The highest BCUT2D eigenvalue weighted by Gasteiger charge is 2.22. The zero-order valence-corrected chi connectivity index (χ0v) is 11.6. The Morgan fingerprint density at radius 3 is 2.56 bits per heavy atom. The molecule has 1 heteroatoms. The van der Waals surface area contributed by atoms with E-state index >= 15 is 0 Å². The Bertz CT molecular complexity index is 400. The quantitative estimate of drug-likeness (QED) is 0.690. The Kier molecular flexibility index (Phi) is 4.57. The number of benzene rings is 1. The summed E-state index contributed by atoms with van der Waals surface area (Å²) in [6, 6.07) is 6.41. The van der Waals surface area contributed by atoms with Crippen LogP contribution in [-0.2, 0) is 0 Å². The fourth-order valence-electron chi connectivity index (χ4n) is 3.23. The molecule has 1 saturated carbocycles. The molecule has 0 aliphatic heterocycles. The Hall–Kier alpha value is -1.11. The van der Waals surface area contributed by atoms with Crippen molar-refractivity contribution in [2.24, 2.45) is 5.92 Å². The summed E-state index contributed by atoms with van der Waals surface area (Å²) >= 11 is 0. The predicted molar refractivity (Wildman–Crippen MR) is 76.2 cm³/mol. The van der Waals surface area contributed by atoms with Crippen LogP contribution in [0.5, 0.6) is 0 Å². The van der Waals surface area contributed by atoms with Gasteiger partial charge in [-0.05, 0) is 61.6 Å². The number of hydrogen-bond donors (Lipinski definition) is 0. The molecule has 0 saturated heterocycles. The van der Waals surface area contributed by atoms with E-state index in [4.69, 9.17) is 0 Å². The van der Waals surface area contributed by atoms with Gasteiger partial charge < -0.3 is 0 Å². The molecule has 98 valence electrons. The lowest BCUT2D eigenvalue weighted by molar-refractivity contribution is 0.112. The molecule has 1 aromatic rings. The highest BCUT2D eigenvalue weighted by molar-refractivity contribution is 5.77. The van der Waals surface area contributed by atoms with Gasteiger partial charge in [-0.2, -0.15) is 0 Å². The molecule has 1 aliphatic rings. The van der Waals surface area contributed by atoms with E-state index in [1.165, 1.54) is 44.1 Å². The summed E-state index contributed by atoms with van der Waals surface area (Å²) in [6.45, 7) is 4.29. The van der Waals surface area contributed by atoms with Crippen LogP contribution >= 0.6 is 0 Å². The first kappa shape index (κ1) is 13.3. The summed E-state index contributed by atoms with van der Waals surface area (Å²) in [5, 5.41) is 0. The third kappa shape index (κ3) is 3.01. The van der Waals surface area contributed by atoms with Gasteiger partial charge in [-0.25, -0.2) is 0 Å². The van der Waals surface area contributed by atoms with Crippen LogP contribution in [0.3, 0.4) is 0 Å². The molecule has 18 heavy (non-hydrogen) atoms. The fraction of sp³-hybridized carbons (Fsp3) is 0.588. The van der Waals surface area contributed by atoms with Crippen molar-refractivity contribution in [3.8, 4) is 0 Å². The molecule has 0 amide bonds. The van der Waals surface area contributed by atoms with Crippen LogP contribution in [0.4, 0.5) is 0 Å². The average molecular weight is 244 g/mol. The molecule has 0 heterocycles. The summed E-state index contributed by atoms with van der Waals surface area (Å²) in [5.74, 6) is 1.62. The first-order chi connectivity index (χ1) is 8.74. The highest BCUT2D eigenvalue weighted by atomic mass is 16.1. The molecule has 1 nitrogen and oxygen atoms in total. The van der Waals surface area contributed by atoms with E-state index in [-0.39, 0.29) is 0 Å². The van der Waals surface area contributed by atoms with Crippen LogP contribution in [0, 0.1) is 12.8 Å². The number of rotatable bonds is 4. The van der Waals surface area contributed by atoms with Gasteiger partial charge in [0, 0.05) is 5.56 Å². The largest absolute Gasteiger partial charge is 0.298 e. The van der Waals surface area contributed by atoms with Crippen molar-refractivity contribution in [2.45, 2.75) is 58.3 Å². The fourth-order valence-corrected chi connectivity index (χ4v) is 3.23. The summed E-state index contributed by atoms with van der Waals surface area (Å²) < 4.78 is 0. The molecule has 1 aromatic carbocycles. The Morgan fingerprint density at radius 1 is 1.22 bits per heavy atom. The highest BCUT2D eigenvalue weighted by Crippen LogP contribution is 2.37. The minimum atomic E-state index is 0.678. The SMILES string of the molecule is CCCC1CCC(c2ccc(C)c(C=O)c2)CC1. The number of carbonyl (C=O) groups is 1. The summed E-state index contributed by atoms with van der Waals surface area (Å²) in [4.78, 5) is 11.0. The first-order valence-electron chi connectivity index (χ1n) is 7.30. The smallest absolute Gasteiger partial charge is 0.150 e. The summed E-state index contributed by atoms with van der Waals surface area (Å²) in [6.07, 6.45) is 9.01. The molecule has 0 atom stereocenters. The normalized spacial score (nSPS) is 23.9. The van der Waals surface area contributed by atoms with Crippen molar-refractivity contribution in [3.05, 3.63) is 34.9 Å². The van der Waals surface area contributed by atoms with Gasteiger partial charge in [-0.1, -0.05) is 31.9 Å². The van der Waals surface area contributed by atoms with Gasteiger partial charge in [0.25, 0.3) is 0 Å². The molecule has 1 fully saturated rings. The number of carbonyl (C=O) groups excluding carboxylic acids is 1. The van der Waals surface area contributed by atoms with Gasteiger partial charge in [-0.15, -0.1) is 0 Å². The molecule has 0 unspecified atom stereocenters. The predicted octanol–water partition coefficient (Wildman–Crippen LogP) is 4.88. The van der Waals surface area contributed by atoms with Crippen molar-refractivity contribution in [2.75, 3.05) is 0 Å². The second-order valence-corrected chi connectivity index (χ2v) is 5.74. The van der Waals surface area contributed by atoms with Crippen molar-refractivity contribution in [1.29, 1.82) is 0 Å². The lowest BCUT2D eigenvalue weighted by atomic mass is 9.77. The van der Waals surface area contributed by atoms with Crippen molar-refractivity contribution >= 4 is 6.29 Å². The van der Waals surface area contributed by atoms with E-state index in [1.54, 1.807) is 0 Å². The molecule has 0 spiro atoms. The monoisotopic (exact) mass is 244 g/mol. The Labute approximate surface area is 111 Å². The first-order valence-corrected chi connectivity index (χ1v) is 7.30. The van der Waals surface area contributed by atoms with Gasteiger partial charge >= 0.3 is 0 Å². The maximum Gasteiger partial charge on any atom is 0.150 e. The van der Waals surface area contributed by atoms with Gasteiger partial charge in [0.15, 0.2) is 0 Å². The third-order valence-electron chi connectivity index (χ3n) is 4.45. The second kappa shape index (κ2) is 6.17. The number of aldehydes is 1. The number of aryl methyl sites for hydroxylation is 1. The van der Waals surface area contributed by atoms with Crippen LogP contribution in [-0.4, -0.2) is 6.29 Å². The molecule has 0 radical (unpaired) electrons. The zero-order chi connectivity index (χ0) is 13.0. The van der Waals surface area contributed by atoms with Crippen molar-refractivity contribution in [3.63, 3.8) is 0 Å². The van der Waals surface area contributed by atoms with Gasteiger partial charge in [0.2, 0.25) is 0 Å². The van der Waals surface area contributed by atoms with Crippen molar-refractivity contribution < 1.29 is 4.79 Å². The zero-order valence-electron chi connectivity index (χ0n) is 11.6. The summed E-state index contributed by atoms with van der Waals surface area (Å²) in [7, 11) is 0. The van der Waals surface area contributed by atoms with Crippen LogP contribution in [0.2, 0.25) is 0 Å². The molecule has 0 N–H and O–H groups in total. The van der Waals surface area contributed by atoms with E-state index in [1.807, 2.05) is 6.92 Å². The van der Waals surface area contributed by atoms with Crippen LogP contribution in [0.25, 0.3) is 0 Å². The topological polar surface area (TPSA) is 17.1 Å². The van der Waals surface area contributed by atoms with Crippen LogP contribution < -0.4 is 0 Å². The summed E-state index contributed by atoms with van der Waals surface area (Å²) in [5.41, 5.74) is 3.33. The van der Waals surface area contributed by atoms with Gasteiger partial charge in [0.05, 0.1) is 0 Å². The third-order valence-corrected chi connectivity index (χ3v) is 4.45. The van der Waals surface area contributed by atoms with E-state index in [0.717, 1.165) is 23.3 Å². The Morgan fingerprint density at radius 2 is 1.94 bits per heavy atom. The lowest BCUT2D eigenvalue weighted by Gasteiger charge is -2.28. The second-order valence-electron chi connectivity index (χ2n) is 5.74. The maximum absolute atomic E-state index is 11.0. The minimum Gasteiger partial charge on any atom is -0.298 e. The average Bonchev–Trinajstić information content (AvgIpc) is 2.41. The van der Waals surface area contributed by atoms with Gasteiger partial charge in [-0.3, -0.25) is 4.79 Å². The molecule has 1 aliphatic carbocycles. The molecular weight excluding hydrogens is 220 g/mol. The van der Waals surface area contributed by atoms with Crippen LogP contribution in [0.15, 0.2) is 18.2 Å². The van der Waals surface area contributed by atoms with E-state index in [9.17, 15) is 4.79 Å². The Balaban J connectivity index is 2.03. The standard InChI is InChI=1S/C17H24O/c1-3-4-14-6-9-15(10-7-14)16-8-5-13(2)17(11-16)12-18/h5,8,11-12,14-15H,3-4,6-7,9-10H2,1-2H3.